The van der Waals surface area contributed by atoms with Crippen LogP contribution in [0.5, 0.6) is 0 Å². The van der Waals surface area contributed by atoms with Crippen LogP contribution in [0.25, 0.3) is 0 Å². The largest absolute Gasteiger partial charge is 0.364 e. The van der Waals surface area contributed by atoms with Gasteiger partial charge in [0.1, 0.15) is 18.2 Å². The van der Waals surface area contributed by atoms with Crippen LogP contribution in [0.1, 0.15) is 46.1 Å². The fraction of sp³-hybridized carbons (Fsp3) is 0.545. The molecule has 4 atom stereocenters. The molecule has 5 heteroatoms. The Hall–Kier alpha value is -2.30. The average molecular weight is 367 g/mol. The first-order valence-electron chi connectivity index (χ1n) is 9.85. The van der Waals surface area contributed by atoms with Crippen LogP contribution in [0.4, 0.5) is 5.69 Å². The molecule has 3 heterocycles. The summed E-state index contributed by atoms with van der Waals surface area (Å²) in [5.41, 5.74) is 1.56. The first-order chi connectivity index (χ1) is 12.7. The van der Waals surface area contributed by atoms with Crippen molar-refractivity contribution in [1.29, 1.82) is 0 Å². The fourth-order valence-electron chi connectivity index (χ4n) is 5.31. The molecule has 144 valence electrons. The Labute approximate surface area is 161 Å². The normalized spacial score (nSPS) is 31.9. The zero-order valence-corrected chi connectivity index (χ0v) is 16.6. The first kappa shape index (κ1) is 18.1. The molecule has 27 heavy (non-hydrogen) atoms. The van der Waals surface area contributed by atoms with Crippen molar-refractivity contribution >= 4 is 17.5 Å². The van der Waals surface area contributed by atoms with Crippen LogP contribution in [0.2, 0.25) is 0 Å². The number of nitrogens with one attached hydrogen (secondary N) is 2. The fourth-order valence-corrected chi connectivity index (χ4v) is 5.31. The topological polar surface area (TPSA) is 61.4 Å². The van der Waals surface area contributed by atoms with Crippen LogP contribution < -0.4 is 10.6 Å². The lowest BCUT2D eigenvalue weighted by Gasteiger charge is -2.44. The Morgan fingerprint density at radius 1 is 1.30 bits per heavy atom. The van der Waals surface area contributed by atoms with Gasteiger partial charge in [-0.05, 0) is 35.8 Å². The molecule has 0 radical (unpaired) electrons. The summed E-state index contributed by atoms with van der Waals surface area (Å²) in [6, 6.07) is 7.34. The van der Waals surface area contributed by atoms with Crippen molar-refractivity contribution in [1.82, 2.24) is 10.2 Å². The second-order valence-corrected chi connectivity index (χ2v) is 9.15. The zero-order chi connectivity index (χ0) is 19.6. The number of anilines is 1. The van der Waals surface area contributed by atoms with Crippen LogP contribution in [0.15, 0.2) is 36.9 Å². The maximum absolute atomic E-state index is 13.4. The molecule has 0 aliphatic carbocycles. The predicted octanol–water partition coefficient (Wildman–Crippen LogP) is 3.03. The van der Waals surface area contributed by atoms with Crippen molar-refractivity contribution in [2.75, 3.05) is 5.32 Å². The van der Waals surface area contributed by atoms with Crippen LogP contribution in [0, 0.1) is 11.3 Å². The van der Waals surface area contributed by atoms with Gasteiger partial charge >= 0.3 is 0 Å². The molecular weight excluding hydrogens is 338 g/mol. The maximum atomic E-state index is 13.4. The Bertz CT molecular complexity index is 816. The molecule has 0 bridgehead atoms. The molecule has 1 aromatic carbocycles. The van der Waals surface area contributed by atoms with E-state index in [1.54, 1.807) is 0 Å². The van der Waals surface area contributed by atoms with Gasteiger partial charge in [-0.3, -0.25) is 9.59 Å². The summed E-state index contributed by atoms with van der Waals surface area (Å²) in [7, 11) is 0. The summed E-state index contributed by atoms with van der Waals surface area (Å²) >= 11 is 0. The van der Waals surface area contributed by atoms with Crippen molar-refractivity contribution in [2.24, 2.45) is 11.3 Å². The standard InChI is InChI=1S/C22H29N3O2/c1-6-21(4,5)22-12-17-18(26)23-16(11-13(2)3)19(27)25(17)20(22)24-15-10-8-7-9-14(15)22/h6-10,13,16-17,20,24H,1,11-12H2,2-5H3,(H,23,26). The van der Waals surface area contributed by atoms with Gasteiger partial charge in [-0.15, -0.1) is 6.58 Å². The maximum Gasteiger partial charge on any atom is 0.247 e. The summed E-state index contributed by atoms with van der Waals surface area (Å²) in [5.74, 6) is 0.329. The van der Waals surface area contributed by atoms with Crippen LogP contribution in [-0.4, -0.2) is 35.0 Å². The minimum absolute atomic E-state index is 0.0281. The third-order valence-corrected chi connectivity index (χ3v) is 6.83. The number of hydrogen-bond donors (Lipinski definition) is 2. The van der Waals surface area contributed by atoms with E-state index in [1.165, 1.54) is 5.56 Å². The van der Waals surface area contributed by atoms with Crippen molar-refractivity contribution in [3.05, 3.63) is 42.5 Å². The predicted molar refractivity (Wildman–Crippen MR) is 106 cm³/mol. The smallest absolute Gasteiger partial charge is 0.247 e. The number of carbonyl (C=O) groups is 2. The summed E-state index contributed by atoms with van der Waals surface area (Å²) < 4.78 is 0. The third kappa shape index (κ3) is 2.30. The van der Waals surface area contributed by atoms with Gasteiger partial charge in [0, 0.05) is 11.1 Å². The summed E-state index contributed by atoms with van der Waals surface area (Å²) in [4.78, 5) is 28.2. The van der Waals surface area contributed by atoms with E-state index in [1.807, 2.05) is 23.1 Å². The molecule has 3 aliphatic heterocycles. The third-order valence-electron chi connectivity index (χ3n) is 6.83. The second-order valence-electron chi connectivity index (χ2n) is 9.15. The number of carbonyl (C=O) groups excluding carboxylic acids is 2. The second kappa shape index (κ2) is 5.85. The first-order valence-corrected chi connectivity index (χ1v) is 9.85. The van der Waals surface area contributed by atoms with Crippen LogP contribution >= 0.6 is 0 Å². The molecule has 4 unspecified atom stereocenters. The van der Waals surface area contributed by atoms with Crippen molar-refractivity contribution in [2.45, 2.75) is 64.2 Å². The van der Waals surface area contributed by atoms with Gasteiger partial charge < -0.3 is 15.5 Å². The van der Waals surface area contributed by atoms with E-state index in [0.717, 1.165) is 5.69 Å². The zero-order valence-electron chi connectivity index (χ0n) is 16.6. The Kier molecular flexibility index (Phi) is 3.92. The monoisotopic (exact) mass is 367 g/mol. The molecule has 1 aromatic rings. The molecule has 2 saturated heterocycles. The number of amides is 2. The van der Waals surface area contributed by atoms with Crippen molar-refractivity contribution < 1.29 is 9.59 Å². The minimum atomic E-state index is -0.443. The van der Waals surface area contributed by atoms with E-state index in [9.17, 15) is 9.59 Å². The Morgan fingerprint density at radius 3 is 2.67 bits per heavy atom. The number of fused-ring (bicyclic) bond motifs is 5. The van der Waals surface area contributed by atoms with Gasteiger partial charge in [0.05, 0.1) is 0 Å². The number of hydrogen-bond acceptors (Lipinski definition) is 3. The van der Waals surface area contributed by atoms with E-state index < -0.39 is 12.1 Å². The molecular formula is C22H29N3O2. The highest BCUT2D eigenvalue weighted by atomic mass is 16.2. The Morgan fingerprint density at radius 2 is 2.00 bits per heavy atom. The molecule has 5 nitrogen and oxygen atoms in total. The number of benzene rings is 1. The van der Waals surface area contributed by atoms with E-state index in [2.05, 4.69) is 57.0 Å². The van der Waals surface area contributed by atoms with Crippen LogP contribution in [0.3, 0.4) is 0 Å². The quantitative estimate of drug-likeness (QED) is 0.804. The van der Waals surface area contributed by atoms with Gasteiger partial charge in [0.25, 0.3) is 0 Å². The number of allylic oxidation sites excluding steroid dienone is 1. The van der Waals surface area contributed by atoms with Gasteiger partial charge in [-0.1, -0.05) is 52.0 Å². The minimum Gasteiger partial charge on any atom is -0.364 e. The molecule has 0 spiro atoms. The van der Waals surface area contributed by atoms with Gasteiger partial charge in [0.2, 0.25) is 11.8 Å². The van der Waals surface area contributed by atoms with Gasteiger partial charge in [-0.25, -0.2) is 0 Å². The van der Waals surface area contributed by atoms with E-state index in [0.29, 0.717) is 18.8 Å². The summed E-state index contributed by atoms with van der Waals surface area (Å²) in [6.07, 6.45) is 3.00. The Balaban J connectivity index is 1.84. The molecule has 2 amide bonds. The highest BCUT2D eigenvalue weighted by Gasteiger charge is 2.67. The average Bonchev–Trinajstić information content (AvgIpc) is 3.12. The molecule has 3 aliphatic rings. The molecule has 2 fully saturated rings. The van der Waals surface area contributed by atoms with E-state index in [4.69, 9.17) is 0 Å². The number of rotatable bonds is 4. The summed E-state index contributed by atoms with van der Waals surface area (Å²) in [6.45, 7) is 12.5. The highest BCUT2D eigenvalue weighted by Crippen LogP contribution is 2.60. The number of nitrogens with zero attached hydrogens (tertiary/aromatic N) is 1. The van der Waals surface area contributed by atoms with Crippen molar-refractivity contribution in [3.63, 3.8) is 0 Å². The SMILES string of the molecule is C=CC(C)(C)C12CC3C(=O)NC(CC(C)C)C(=O)N3C1Nc1ccccc12. The number of piperazine rings is 1. The van der Waals surface area contributed by atoms with E-state index in [-0.39, 0.29) is 28.8 Å². The molecule has 4 rings (SSSR count). The molecule has 0 aromatic heterocycles. The lowest BCUT2D eigenvalue weighted by atomic mass is 9.60. The lowest BCUT2D eigenvalue weighted by Crippen LogP contribution is -2.64. The van der Waals surface area contributed by atoms with Gasteiger partial charge in [-0.2, -0.15) is 0 Å². The van der Waals surface area contributed by atoms with Crippen LogP contribution in [-0.2, 0) is 15.0 Å². The van der Waals surface area contributed by atoms with Crippen molar-refractivity contribution in [3.8, 4) is 0 Å². The molecule has 0 saturated carbocycles. The molecule has 2 N–H and O–H groups in total. The highest BCUT2D eigenvalue weighted by molar-refractivity contribution is 5.99. The number of para-hydroxylation sites is 1. The summed E-state index contributed by atoms with van der Waals surface area (Å²) in [5, 5.41) is 6.56. The lowest BCUT2D eigenvalue weighted by molar-refractivity contribution is -0.149. The van der Waals surface area contributed by atoms with Gasteiger partial charge in [0.15, 0.2) is 0 Å². The van der Waals surface area contributed by atoms with E-state index >= 15 is 0 Å².